The number of rotatable bonds is 12. The van der Waals surface area contributed by atoms with Crippen LogP contribution >= 0.6 is 0 Å². The molecule has 4 heterocycles. The van der Waals surface area contributed by atoms with Gasteiger partial charge in [0.25, 0.3) is 5.56 Å². The molecular weight excluding hydrogens is 688 g/mol. The number of carbonyl (C=O) groups excluding carboxylic acids is 1. The summed E-state index contributed by atoms with van der Waals surface area (Å²) in [5, 5.41) is 15.0. The van der Waals surface area contributed by atoms with Crippen LogP contribution in [0.5, 0.6) is 11.5 Å². The highest BCUT2D eigenvalue weighted by molar-refractivity contribution is 5.88. The van der Waals surface area contributed by atoms with Crippen LogP contribution < -0.4 is 20.3 Å². The van der Waals surface area contributed by atoms with Crippen LogP contribution in [0.2, 0.25) is 0 Å². The van der Waals surface area contributed by atoms with E-state index in [4.69, 9.17) is 9.47 Å². The quantitative estimate of drug-likeness (QED) is 0.0828. The van der Waals surface area contributed by atoms with Gasteiger partial charge in [-0.2, -0.15) is 0 Å². The van der Waals surface area contributed by atoms with Crippen molar-refractivity contribution in [1.29, 1.82) is 0 Å². The summed E-state index contributed by atoms with van der Waals surface area (Å²) >= 11 is 0. The summed E-state index contributed by atoms with van der Waals surface area (Å²) in [7, 11) is 6.33. The lowest BCUT2D eigenvalue weighted by molar-refractivity contribution is -0.880. The first-order chi connectivity index (χ1) is 25.4. The molecule has 15 heteroatoms. The molecule has 0 unspecified atom stereocenters. The Morgan fingerprint density at radius 2 is 1.75 bits per heavy atom. The number of methoxy groups -OCH3 is 2. The van der Waals surface area contributed by atoms with Gasteiger partial charge < -0.3 is 38.9 Å². The summed E-state index contributed by atoms with van der Waals surface area (Å²) in [4.78, 5) is 48.7. The summed E-state index contributed by atoms with van der Waals surface area (Å²) in [5.41, 5.74) is 0.529. The van der Waals surface area contributed by atoms with Crippen molar-refractivity contribution < 1.29 is 32.5 Å². The molecule has 276 valence electrons. The van der Waals surface area contributed by atoms with Crippen molar-refractivity contribution in [3.63, 3.8) is 0 Å². The van der Waals surface area contributed by atoms with Gasteiger partial charge in [-0.3, -0.25) is 9.59 Å². The number of hydrogen-bond donors (Lipinski definition) is 1. The average molecular weight is 729 g/mol. The number of para-hydroxylation sites is 1. The average Bonchev–Trinajstić information content (AvgIpc) is 3.60. The van der Waals surface area contributed by atoms with Gasteiger partial charge >= 0.3 is 5.82 Å². The molecule has 13 nitrogen and oxygen atoms in total. The Bertz CT molecular complexity index is 2180. The summed E-state index contributed by atoms with van der Waals surface area (Å²) in [6, 6.07) is 13.2. The van der Waals surface area contributed by atoms with Gasteiger partial charge in [0.1, 0.15) is 18.6 Å². The van der Waals surface area contributed by atoms with E-state index < -0.39 is 33.7 Å². The molecule has 4 aromatic rings. The number of amides is 1. The number of nitrogens with zero attached hydrogens (tertiary/aromatic N) is 6. The Labute approximate surface area is 304 Å². The van der Waals surface area contributed by atoms with Crippen LogP contribution in [0.3, 0.4) is 0 Å². The van der Waals surface area contributed by atoms with E-state index in [9.17, 15) is 19.7 Å². The third-order valence-electron chi connectivity index (χ3n) is 9.47. The molecule has 53 heavy (non-hydrogen) atoms. The van der Waals surface area contributed by atoms with Crippen LogP contribution in [0.15, 0.2) is 88.1 Å². The van der Waals surface area contributed by atoms with Crippen molar-refractivity contribution in [2.24, 2.45) is 4.99 Å². The number of fused-ring (bicyclic) bond motifs is 1. The first kappa shape index (κ1) is 36.8. The summed E-state index contributed by atoms with van der Waals surface area (Å²) in [5.74, 6) is -2.48. The van der Waals surface area contributed by atoms with E-state index in [2.05, 4.69) is 15.3 Å². The largest absolute Gasteiger partial charge is 0.494 e. The molecule has 2 aromatic carbocycles. The van der Waals surface area contributed by atoms with Gasteiger partial charge in [0.05, 0.1) is 57.1 Å². The minimum absolute atomic E-state index is 0.116. The van der Waals surface area contributed by atoms with E-state index in [0.717, 1.165) is 11.8 Å². The maximum atomic E-state index is 15.8. The Morgan fingerprint density at radius 3 is 2.40 bits per heavy atom. The van der Waals surface area contributed by atoms with Crippen LogP contribution in [0.25, 0.3) is 22.0 Å². The molecule has 0 aliphatic carbocycles. The molecule has 1 saturated heterocycles. The van der Waals surface area contributed by atoms with Gasteiger partial charge in [-0.15, -0.1) is 0 Å². The smallest absolute Gasteiger partial charge is 0.368 e. The fourth-order valence-electron chi connectivity index (χ4n) is 6.84. The van der Waals surface area contributed by atoms with E-state index in [1.807, 2.05) is 44.4 Å². The number of piperidine rings is 1. The highest BCUT2D eigenvalue weighted by atomic mass is 19.1. The number of anilines is 2. The van der Waals surface area contributed by atoms with Crippen LogP contribution in [-0.2, 0) is 4.79 Å². The molecule has 2 aliphatic heterocycles. The normalized spacial score (nSPS) is 15.1. The lowest BCUT2D eigenvalue weighted by Gasteiger charge is -2.33. The van der Waals surface area contributed by atoms with Gasteiger partial charge in [-0.1, -0.05) is 23.2 Å². The van der Waals surface area contributed by atoms with E-state index >= 15 is 8.78 Å². The van der Waals surface area contributed by atoms with Crippen molar-refractivity contribution in [2.45, 2.75) is 25.3 Å². The third-order valence-corrected chi connectivity index (χ3v) is 9.47. The van der Waals surface area contributed by atoms with Gasteiger partial charge in [-0.05, 0) is 42.0 Å². The number of hydrogen-bond acceptors (Lipinski definition) is 9. The maximum absolute atomic E-state index is 15.8. The van der Waals surface area contributed by atoms with Crippen molar-refractivity contribution in [1.82, 2.24) is 14.5 Å². The Kier molecular flexibility index (Phi) is 10.7. The summed E-state index contributed by atoms with van der Waals surface area (Å²) < 4.78 is 43.8. The number of benzene rings is 2. The maximum Gasteiger partial charge on any atom is 0.368 e. The molecule has 2 aliphatic rings. The number of halogens is 2. The number of aliphatic imine (C=N–C) groups is 1. The van der Waals surface area contributed by atoms with Crippen LogP contribution in [-0.4, -0.2) is 90.5 Å². The van der Waals surface area contributed by atoms with Crippen LogP contribution in [0, 0.1) is 21.7 Å². The van der Waals surface area contributed by atoms with Crippen LogP contribution in [0.4, 0.5) is 20.3 Å². The number of ether oxygens (including phenoxy) is 2. The second-order valence-electron chi connectivity index (χ2n) is 13.6. The van der Waals surface area contributed by atoms with Crippen LogP contribution in [0.1, 0.15) is 25.3 Å². The van der Waals surface area contributed by atoms with Crippen molar-refractivity contribution >= 4 is 34.5 Å². The number of quaternary nitrogens is 1. The minimum Gasteiger partial charge on any atom is -0.494 e. The Balaban J connectivity index is 1.28. The number of aromatic nitrogens is 2. The zero-order chi connectivity index (χ0) is 37.9. The summed E-state index contributed by atoms with van der Waals surface area (Å²) in [6.45, 7) is 1.53. The number of pyridine rings is 2. The molecule has 0 atom stereocenters. The van der Waals surface area contributed by atoms with Gasteiger partial charge in [0, 0.05) is 61.0 Å². The Hall–Kier alpha value is -5.96. The number of likely N-dealkylation sites (N-methyl/N-ethyl adjacent to an activating group) is 1. The molecular formula is C38H40F2N7O6+. The van der Waals surface area contributed by atoms with Crippen molar-refractivity contribution in [3.8, 4) is 22.6 Å². The topological polar surface area (TPSA) is 141 Å². The second kappa shape index (κ2) is 15.3. The highest BCUT2D eigenvalue weighted by Crippen LogP contribution is 2.38. The number of nitrogens with one attached hydrogen (secondary N) is 1. The molecule has 6 rings (SSSR count). The lowest BCUT2D eigenvalue weighted by Crippen LogP contribution is -2.42. The third kappa shape index (κ3) is 7.79. The highest BCUT2D eigenvalue weighted by Gasteiger charge is 2.31. The summed E-state index contributed by atoms with van der Waals surface area (Å²) in [6.07, 6.45) is 7.57. The predicted molar refractivity (Wildman–Crippen MR) is 197 cm³/mol. The fourth-order valence-corrected chi connectivity index (χ4v) is 6.84. The standard InChI is InChI=1S/C38H39F2N7O6/c1-47(2,23-24-12-15-41-37(24)46(50)51)18-8-11-33(48)44-16-13-27(14-17-44)45-29-20-32(43-26-9-6-5-7-10-26)42-22-25(29)19-28(38(45)49)34-35(39)30(52-3)21-31(53-4)36(34)40/h5-11,15,19-22,27H,12-14,16-18,23H2,1-4H3/p+1/b11-8+. The van der Waals surface area contributed by atoms with Crippen molar-refractivity contribution in [3.05, 3.63) is 110 Å². The van der Waals surface area contributed by atoms with Gasteiger partial charge in [0.15, 0.2) is 23.1 Å². The first-order valence-electron chi connectivity index (χ1n) is 17.0. The van der Waals surface area contributed by atoms with E-state index in [1.165, 1.54) is 32.6 Å². The molecule has 0 saturated carbocycles. The number of nitro groups is 1. The fraction of sp³-hybridized carbons (Fsp3) is 0.316. The molecule has 1 N–H and O–H groups in total. The number of carbonyl (C=O) groups is 1. The molecule has 0 spiro atoms. The lowest BCUT2D eigenvalue weighted by atomic mass is 9.99. The first-order valence-corrected chi connectivity index (χ1v) is 17.0. The number of likely N-dealkylation sites (tertiary alicyclic amines) is 1. The predicted octanol–water partition coefficient (Wildman–Crippen LogP) is 5.86. The van der Waals surface area contributed by atoms with Gasteiger partial charge in [0.2, 0.25) is 5.91 Å². The van der Waals surface area contributed by atoms with Gasteiger partial charge in [-0.25, -0.2) is 13.8 Å². The monoisotopic (exact) mass is 728 g/mol. The zero-order valence-electron chi connectivity index (χ0n) is 29.8. The zero-order valence-corrected chi connectivity index (χ0v) is 29.8. The Morgan fingerprint density at radius 1 is 1.08 bits per heavy atom. The van der Waals surface area contributed by atoms with E-state index in [1.54, 1.807) is 27.8 Å². The van der Waals surface area contributed by atoms with E-state index in [-0.39, 0.29) is 28.8 Å². The van der Waals surface area contributed by atoms with E-state index in [0.29, 0.717) is 72.2 Å². The molecule has 1 amide bonds. The van der Waals surface area contributed by atoms with Crippen molar-refractivity contribution in [2.75, 3.05) is 59.8 Å². The molecule has 0 radical (unpaired) electrons. The molecule has 0 bridgehead atoms. The minimum atomic E-state index is -1.04. The second-order valence-corrected chi connectivity index (χ2v) is 13.6. The molecule has 2 aromatic heterocycles. The molecule has 1 fully saturated rings. The SMILES string of the molecule is COc1cc(OC)c(F)c(-c2cc3cnc(Nc4ccccc4)cc3n(C3CCN(C(=O)/C=C/C[N+](C)(C)CC4=C([N+](=O)[O-])N=CC4)CC3)c2=O)c1F.